The maximum Gasteiger partial charge on any atom is 0.243 e. The van der Waals surface area contributed by atoms with Crippen LogP contribution in [-0.2, 0) is 29.0 Å². The van der Waals surface area contributed by atoms with Crippen molar-refractivity contribution in [1.82, 2.24) is 10.2 Å². The number of amides is 2. The van der Waals surface area contributed by atoms with Crippen molar-refractivity contribution in [3.63, 3.8) is 0 Å². The van der Waals surface area contributed by atoms with E-state index in [1.165, 1.54) is 12.1 Å². The molecule has 0 radical (unpaired) electrons. The molecule has 3 aromatic carbocycles. The van der Waals surface area contributed by atoms with Gasteiger partial charge in [-0.1, -0.05) is 84.6 Å². The summed E-state index contributed by atoms with van der Waals surface area (Å²) in [7, 11) is 0. The lowest BCUT2D eigenvalue weighted by molar-refractivity contribution is -0.141. The molecule has 36 heavy (non-hydrogen) atoms. The average molecular weight is 527 g/mol. The molecule has 4 rings (SSSR count). The second-order valence-corrected chi connectivity index (χ2v) is 10.0. The Bertz CT molecular complexity index is 1160. The van der Waals surface area contributed by atoms with Crippen molar-refractivity contribution in [2.45, 2.75) is 57.2 Å². The fourth-order valence-electron chi connectivity index (χ4n) is 4.65. The van der Waals surface area contributed by atoms with E-state index in [0.717, 1.165) is 31.2 Å². The topological polar surface area (TPSA) is 49.4 Å². The minimum atomic E-state index is -0.770. The zero-order valence-corrected chi connectivity index (χ0v) is 21.4. The van der Waals surface area contributed by atoms with E-state index in [4.69, 9.17) is 23.2 Å². The van der Waals surface area contributed by atoms with Gasteiger partial charge in [-0.2, -0.15) is 0 Å². The van der Waals surface area contributed by atoms with Gasteiger partial charge in [0.2, 0.25) is 11.8 Å². The van der Waals surface area contributed by atoms with Crippen LogP contribution in [0.2, 0.25) is 10.0 Å². The zero-order valence-electron chi connectivity index (χ0n) is 19.9. The standard InChI is InChI=1S/C29H29Cl2FN2O2/c30-25-11-6-12-26(31)24(25)19-34(28(35)18-21-13-15-22(32)16-14-21)27(17-20-7-2-1-3-8-20)29(36)33-23-9-4-5-10-23/h1-3,6-8,11-16,23,27H,4-5,9-10,17-19H2,(H,33,36). The molecule has 1 fully saturated rings. The Morgan fingerprint density at radius 2 is 1.53 bits per heavy atom. The first kappa shape index (κ1) is 26.2. The Labute approximate surface area is 221 Å². The van der Waals surface area contributed by atoms with E-state index in [0.29, 0.717) is 27.6 Å². The molecule has 2 amide bonds. The third-order valence-electron chi connectivity index (χ3n) is 6.63. The van der Waals surface area contributed by atoms with Crippen molar-refractivity contribution in [2.24, 2.45) is 0 Å². The van der Waals surface area contributed by atoms with Gasteiger partial charge < -0.3 is 10.2 Å². The van der Waals surface area contributed by atoms with Crippen LogP contribution in [0.5, 0.6) is 0 Å². The summed E-state index contributed by atoms with van der Waals surface area (Å²) in [6.45, 7) is 0.0775. The largest absolute Gasteiger partial charge is 0.352 e. The van der Waals surface area contributed by atoms with Crippen molar-refractivity contribution in [1.29, 1.82) is 0 Å². The number of rotatable bonds is 9. The third kappa shape index (κ3) is 6.86. The molecule has 4 nitrogen and oxygen atoms in total. The second-order valence-electron chi connectivity index (χ2n) is 9.22. The van der Waals surface area contributed by atoms with E-state index < -0.39 is 6.04 Å². The first-order valence-electron chi connectivity index (χ1n) is 12.2. The van der Waals surface area contributed by atoms with Crippen LogP contribution in [0.4, 0.5) is 4.39 Å². The van der Waals surface area contributed by atoms with E-state index in [2.05, 4.69) is 5.32 Å². The summed E-state index contributed by atoms with van der Waals surface area (Å²) >= 11 is 12.9. The molecular formula is C29H29Cl2FN2O2. The number of nitrogens with zero attached hydrogens (tertiary/aromatic N) is 1. The minimum Gasteiger partial charge on any atom is -0.352 e. The fourth-order valence-corrected chi connectivity index (χ4v) is 5.17. The molecule has 1 aliphatic rings. The molecule has 3 aromatic rings. The normalized spacial score (nSPS) is 14.4. The Morgan fingerprint density at radius 3 is 2.17 bits per heavy atom. The number of nitrogens with one attached hydrogen (secondary N) is 1. The molecule has 0 saturated heterocycles. The molecule has 1 aliphatic carbocycles. The lowest BCUT2D eigenvalue weighted by Crippen LogP contribution is -2.52. The minimum absolute atomic E-state index is 0.0182. The van der Waals surface area contributed by atoms with Crippen LogP contribution >= 0.6 is 23.2 Å². The van der Waals surface area contributed by atoms with Gasteiger partial charge in [0.15, 0.2) is 0 Å². The molecule has 0 aliphatic heterocycles. The molecule has 0 heterocycles. The average Bonchev–Trinajstić information content (AvgIpc) is 3.38. The highest BCUT2D eigenvalue weighted by Gasteiger charge is 2.33. The summed E-state index contributed by atoms with van der Waals surface area (Å²) in [5.41, 5.74) is 2.18. The molecule has 0 spiro atoms. The number of carbonyl (C=O) groups excluding carboxylic acids is 2. The van der Waals surface area contributed by atoms with E-state index >= 15 is 0 Å². The second kappa shape index (κ2) is 12.4. The van der Waals surface area contributed by atoms with E-state index in [1.807, 2.05) is 30.3 Å². The van der Waals surface area contributed by atoms with Gasteiger partial charge in [0.25, 0.3) is 0 Å². The molecule has 0 bridgehead atoms. The van der Waals surface area contributed by atoms with Crippen molar-refractivity contribution in [2.75, 3.05) is 0 Å². The quantitative estimate of drug-likeness (QED) is 0.352. The summed E-state index contributed by atoms with van der Waals surface area (Å²) in [6, 6.07) is 20.0. The summed E-state index contributed by atoms with van der Waals surface area (Å²) in [5.74, 6) is -0.828. The van der Waals surface area contributed by atoms with Gasteiger partial charge in [0.05, 0.1) is 6.42 Å². The van der Waals surface area contributed by atoms with E-state index in [9.17, 15) is 14.0 Å². The van der Waals surface area contributed by atoms with Crippen LogP contribution < -0.4 is 5.32 Å². The Balaban J connectivity index is 1.69. The smallest absolute Gasteiger partial charge is 0.243 e. The highest BCUT2D eigenvalue weighted by Crippen LogP contribution is 2.28. The highest BCUT2D eigenvalue weighted by atomic mass is 35.5. The maximum absolute atomic E-state index is 13.8. The van der Waals surface area contributed by atoms with Gasteiger partial charge in [-0.25, -0.2) is 4.39 Å². The molecule has 0 aromatic heterocycles. The van der Waals surface area contributed by atoms with Crippen LogP contribution in [-0.4, -0.2) is 28.8 Å². The molecule has 1 atom stereocenters. The number of hydrogen-bond donors (Lipinski definition) is 1. The Hall–Kier alpha value is -2.89. The number of carbonyl (C=O) groups is 2. The third-order valence-corrected chi connectivity index (χ3v) is 7.34. The first-order chi connectivity index (χ1) is 17.4. The fraction of sp³-hybridized carbons (Fsp3) is 0.310. The monoisotopic (exact) mass is 526 g/mol. The van der Waals surface area contributed by atoms with Gasteiger partial charge in [-0.3, -0.25) is 9.59 Å². The zero-order chi connectivity index (χ0) is 25.5. The molecule has 188 valence electrons. The lowest BCUT2D eigenvalue weighted by atomic mass is 10.0. The SMILES string of the molecule is O=C(NC1CCCC1)C(Cc1ccccc1)N(Cc1c(Cl)cccc1Cl)C(=O)Cc1ccc(F)cc1. The summed E-state index contributed by atoms with van der Waals surface area (Å²) in [6.07, 6.45) is 4.39. The van der Waals surface area contributed by atoms with Gasteiger partial charge in [0, 0.05) is 34.6 Å². The molecule has 1 unspecified atom stereocenters. The van der Waals surface area contributed by atoms with Crippen molar-refractivity contribution >= 4 is 35.0 Å². The van der Waals surface area contributed by atoms with Crippen LogP contribution in [0.1, 0.15) is 42.4 Å². The van der Waals surface area contributed by atoms with Crippen molar-refractivity contribution in [3.05, 3.63) is 105 Å². The van der Waals surface area contributed by atoms with Gasteiger partial charge in [-0.05, 0) is 48.2 Å². The van der Waals surface area contributed by atoms with Gasteiger partial charge in [-0.15, -0.1) is 0 Å². The van der Waals surface area contributed by atoms with E-state index in [1.54, 1.807) is 35.2 Å². The summed E-state index contributed by atoms with van der Waals surface area (Å²) < 4.78 is 13.5. The van der Waals surface area contributed by atoms with E-state index in [-0.39, 0.29) is 36.6 Å². The lowest BCUT2D eigenvalue weighted by Gasteiger charge is -2.33. The van der Waals surface area contributed by atoms with Crippen molar-refractivity contribution < 1.29 is 14.0 Å². The van der Waals surface area contributed by atoms with Crippen molar-refractivity contribution in [3.8, 4) is 0 Å². The molecule has 1 N–H and O–H groups in total. The van der Waals surface area contributed by atoms with Gasteiger partial charge in [0.1, 0.15) is 11.9 Å². The number of benzene rings is 3. The number of hydrogen-bond acceptors (Lipinski definition) is 2. The molecule has 1 saturated carbocycles. The van der Waals surface area contributed by atoms with Crippen LogP contribution in [0.15, 0.2) is 72.8 Å². The Kier molecular flexibility index (Phi) is 9.00. The molecule has 7 heteroatoms. The van der Waals surface area contributed by atoms with Crippen LogP contribution in [0, 0.1) is 5.82 Å². The number of halogens is 3. The predicted octanol–water partition coefficient (Wildman–Crippen LogP) is 6.37. The summed E-state index contributed by atoms with van der Waals surface area (Å²) in [4.78, 5) is 29.0. The first-order valence-corrected chi connectivity index (χ1v) is 13.0. The Morgan fingerprint density at radius 1 is 0.889 bits per heavy atom. The maximum atomic E-state index is 13.8. The molecular weight excluding hydrogens is 498 g/mol. The summed E-state index contributed by atoms with van der Waals surface area (Å²) in [5, 5.41) is 4.03. The van der Waals surface area contributed by atoms with Crippen LogP contribution in [0.25, 0.3) is 0 Å². The highest BCUT2D eigenvalue weighted by molar-refractivity contribution is 6.36. The van der Waals surface area contributed by atoms with Crippen LogP contribution in [0.3, 0.4) is 0 Å². The van der Waals surface area contributed by atoms with Gasteiger partial charge >= 0.3 is 0 Å². The predicted molar refractivity (Wildman–Crippen MR) is 141 cm³/mol.